The molecule has 0 unspecified atom stereocenters. The van der Waals surface area contributed by atoms with E-state index in [9.17, 15) is 9.59 Å². The molecule has 1 heterocycles. The van der Waals surface area contributed by atoms with Gasteiger partial charge in [-0.25, -0.2) is 0 Å². The molecule has 2 N–H and O–H groups in total. The molecule has 4 rings (SSSR count). The first-order chi connectivity index (χ1) is 17.7. The molecule has 4 aromatic rings. The average Bonchev–Trinajstić information content (AvgIpc) is 3.27. The SMILES string of the molecule is CC(=O)Nc1ccc(NC(=O)CSc2nnc(-c3ccc(Cl)cc3Cl)n2-c2ccccc2C(C)C)cc1. The first-order valence-electron chi connectivity index (χ1n) is 11.5. The number of nitrogens with zero attached hydrogens (tertiary/aromatic N) is 3. The Morgan fingerprint density at radius 2 is 1.62 bits per heavy atom. The highest BCUT2D eigenvalue weighted by Gasteiger charge is 2.21. The van der Waals surface area contributed by atoms with Crippen LogP contribution < -0.4 is 10.6 Å². The Kier molecular flexibility index (Phi) is 8.53. The van der Waals surface area contributed by atoms with Gasteiger partial charge < -0.3 is 10.6 Å². The molecule has 7 nitrogen and oxygen atoms in total. The van der Waals surface area contributed by atoms with Crippen LogP contribution in [0.3, 0.4) is 0 Å². The summed E-state index contributed by atoms with van der Waals surface area (Å²) < 4.78 is 1.94. The van der Waals surface area contributed by atoms with Gasteiger partial charge in [0.05, 0.1) is 16.5 Å². The molecule has 10 heteroatoms. The second-order valence-corrected chi connectivity index (χ2v) is 10.4. The van der Waals surface area contributed by atoms with E-state index in [1.165, 1.54) is 18.7 Å². The van der Waals surface area contributed by atoms with Crippen molar-refractivity contribution < 1.29 is 9.59 Å². The molecule has 0 spiro atoms. The van der Waals surface area contributed by atoms with E-state index in [1.54, 1.807) is 36.4 Å². The van der Waals surface area contributed by atoms with E-state index in [4.69, 9.17) is 23.2 Å². The molecule has 0 aliphatic carbocycles. The molecule has 37 heavy (non-hydrogen) atoms. The Hall–Kier alpha value is -3.33. The highest BCUT2D eigenvalue weighted by molar-refractivity contribution is 7.99. The zero-order valence-corrected chi connectivity index (χ0v) is 22.8. The van der Waals surface area contributed by atoms with E-state index in [0.29, 0.717) is 38.0 Å². The maximum Gasteiger partial charge on any atom is 0.234 e. The standard InChI is InChI=1S/C27H25Cl2N5O2S/c1-16(2)21-6-4-5-7-24(21)34-26(22-13-8-18(28)14-23(22)29)32-33-27(34)37-15-25(36)31-20-11-9-19(10-12-20)30-17(3)35/h4-14,16H,15H2,1-3H3,(H,30,35)(H,31,36). The Bertz CT molecular complexity index is 1440. The summed E-state index contributed by atoms with van der Waals surface area (Å²) in [6, 6.07) is 20.2. The van der Waals surface area contributed by atoms with Gasteiger partial charge in [-0.1, -0.05) is 67.0 Å². The number of amides is 2. The third-order valence-corrected chi connectivity index (χ3v) is 6.90. The number of thioether (sulfide) groups is 1. The lowest BCUT2D eigenvalue weighted by molar-refractivity contribution is -0.114. The fourth-order valence-electron chi connectivity index (χ4n) is 3.77. The molecule has 0 aliphatic heterocycles. The number of carbonyl (C=O) groups is 2. The molecule has 3 aromatic carbocycles. The average molecular weight is 555 g/mol. The van der Waals surface area contributed by atoms with Crippen LogP contribution in [0.1, 0.15) is 32.3 Å². The lowest BCUT2D eigenvalue weighted by atomic mass is 10.0. The van der Waals surface area contributed by atoms with Crippen LogP contribution in [0.2, 0.25) is 10.0 Å². The highest BCUT2D eigenvalue weighted by Crippen LogP contribution is 2.35. The normalized spacial score (nSPS) is 11.0. The largest absolute Gasteiger partial charge is 0.326 e. The molecular formula is C27H25Cl2N5O2S. The Morgan fingerprint density at radius 1 is 0.946 bits per heavy atom. The van der Waals surface area contributed by atoms with Crippen molar-refractivity contribution in [2.45, 2.75) is 31.8 Å². The molecule has 0 saturated heterocycles. The number of hydrogen-bond acceptors (Lipinski definition) is 5. The van der Waals surface area contributed by atoms with Crippen LogP contribution in [0.25, 0.3) is 17.1 Å². The molecule has 190 valence electrons. The molecule has 2 amide bonds. The summed E-state index contributed by atoms with van der Waals surface area (Å²) in [5, 5.41) is 16.0. The summed E-state index contributed by atoms with van der Waals surface area (Å²) >= 11 is 13.9. The van der Waals surface area contributed by atoms with E-state index in [2.05, 4.69) is 40.7 Å². The van der Waals surface area contributed by atoms with Crippen LogP contribution >= 0.6 is 35.0 Å². The number of benzene rings is 3. The second kappa shape index (κ2) is 11.8. The zero-order valence-electron chi connectivity index (χ0n) is 20.5. The van der Waals surface area contributed by atoms with Gasteiger partial charge in [-0.15, -0.1) is 10.2 Å². The van der Waals surface area contributed by atoms with Crippen LogP contribution in [0.4, 0.5) is 11.4 Å². The van der Waals surface area contributed by atoms with Gasteiger partial charge in [-0.3, -0.25) is 14.2 Å². The van der Waals surface area contributed by atoms with Crippen LogP contribution in [0.5, 0.6) is 0 Å². The van der Waals surface area contributed by atoms with Crippen LogP contribution in [0.15, 0.2) is 71.9 Å². The van der Waals surface area contributed by atoms with E-state index in [1.807, 2.05) is 28.8 Å². The second-order valence-electron chi connectivity index (χ2n) is 8.57. The van der Waals surface area contributed by atoms with Crippen molar-refractivity contribution in [3.8, 4) is 17.1 Å². The first-order valence-corrected chi connectivity index (χ1v) is 13.3. The van der Waals surface area contributed by atoms with Gasteiger partial charge in [0.2, 0.25) is 11.8 Å². The fraction of sp³-hybridized carbons (Fsp3) is 0.185. The fourth-order valence-corrected chi connectivity index (χ4v) is 5.01. The van der Waals surface area contributed by atoms with Crippen molar-refractivity contribution in [2.24, 2.45) is 0 Å². The Balaban J connectivity index is 1.62. The number of halogens is 2. The molecular weight excluding hydrogens is 529 g/mol. The van der Waals surface area contributed by atoms with Gasteiger partial charge in [0.15, 0.2) is 11.0 Å². The van der Waals surface area contributed by atoms with Gasteiger partial charge in [-0.05, 0) is 60.0 Å². The molecule has 0 saturated carbocycles. The molecule has 1 aromatic heterocycles. The van der Waals surface area contributed by atoms with E-state index < -0.39 is 0 Å². The highest BCUT2D eigenvalue weighted by atomic mass is 35.5. The van der Waals surface area contributed by atoms with E-state index >= 15 is 0 Å². The number of carbonyl (C=O) groups excluding carboxylic acids is 2. The van der Waals surface area contributed by atoms with Gasteiger partial charge >= 0.3 is 0 Å². The lowest BCUT2D eigenvalue weighted by Crippen LogP contribution is -2.15. The number of anilines is 2. The van der Waals surface area contributed by atoms with Crippen molar-refractivity contribution in [1.82, 2.24) is 14.8 Å². The maximum absolute atomic E-state index is 12.7. The van der Waals surface area contributed by atoms with Gasteiger partial charge in [-0.2, -0.15) is 0 Å². The third-order valence-electron chi connectivity index (χ3n) is 5.43. The number of para-hydroxylation sites is 1. The van der Waals surface area contributed by atoms with Crippen LogP contribution in [-0.4, -0.2) is 32.3 Å². The summed E-state index contributed by atoms with van der Waals surface area (Å²) in [6.45, 7) is 5.68. The molecule has 0 radical (unpaired) electrons. The van der Waals surface area contributed by atoms with E-state index in [-0.39, 0.29) is 23.5 Å². The van der Waals surface area contributed by atoms with Gasteiger partial charge in [0.1, 0.15) is 0 Å². The predicted octanol–water partition coefficient (Wildman–Crippen LogP) is 7.05. The van der Waals surface area contributed by atoms with Crippen LogP contribution in [-0.2, 0) is 9.59 Å². The molecule has 0 atom stereocenters. The summed E-state index contributed by atoms with van der Waals surface area (Å²) in [5.41, 5.74) is 4.00. The zero-order chi connectivity index (χ0) is 26.5. The number of hydrogen-bond donors (Lipinski definition) is 2. The topological polar surface area (TPSA) is 88.9 Å². The molecule has 0 bridgehead atoms. The quantitative estimate of drug-likeness (QED) is 0.228. The molecule has 0 fully saturated rings. The predicted molar refractivity (Wildman–Crippen MR) is 151 cm³/mol. The Morgan fingerprint density at radius 3 is 2.27 bits per heavy atom. The summed E-state index contributed by atoms with van der Waals surface area (Å²) in [7, 11) is 0. The third kappa shape index (κ3) is 6.52. The summed E-state index contributed by atoms with van der Waals surface area (Å²) in [5.74, 6) is 0.565. The summed E-state index contributed by atoms with van der Waals surface area (Å²) in [6.07, 6.45) is 0. The van der Waals surface area contributed by atoms with Crippen molar-refractivity contribution in [2.75, 3.05) is 16.4 Å². The van der Waals surface area contributed by atoms with E-state index in [0.717, 1.165) is 11.3 Å². The Labute approximate surface area is 229 Å². The van der Waals surface area contributed by atoms with Gasteiger partial charge in [0.25, 0.3) is 0 Å². The number of rotatable bonds is 8. The first kappa shape index (κ1) is 26.7. The number of nitrogens with one attached hydrogen (secondary N) is 2. The maximum atomic E-state index is 12.7. The minimum Gasteiger partial charge on any atom is -0.326 e. The van der Waals surface area contributed by atoms with Crippen molar-refractivity contribution in [3.63, 3.8) is 0 Å². The smallest absolute Gasteiger partial charge is 0.234 e. The minimum absolute atomic E-state index is 0.115. The number of aromatic nitrogens is 3. The monoisotopic (exact) mass is 553 g/mol. The lowest BCUT2D eigenvalue weighted by Gasteiger charge is -2.17. The van der Waals surface area contributed by atoms with Crippen LogP contribution in [0, 0.1) is 0 Å². The van der Waals surface area contributed by atoms with Gasteiger partial charge in [0, 0.05) is 28.9 Å². The summed E-state index contributed by atoms with van der Waals surface area (Å²) in [4.78, 5) is 23.9. The van der Waals surface area contributed by atoms with Crippen molar-refractivity contribution in [3.05, 3.63) is 82.3 Å². The molecule has 0 aliphatic rings. The van der Waals surface area contributed by atoms with Crippen molar-refractivity contribution in [1.29, 1.82) is 0 Å². The minimum atomic E-state index is -0.199. The van der Waals surface area contributed by atoms with Crippen molar-refractivity contribution >= 4 is 58.2 Å².